The SMILES string of the molecule is CCCNC(c1ccncc1Cl)c1c(Cl)cnn1C. The number of aryl methyl sites for hydroxylation is 1. The van der Waals surface area contributed by atoms with Crippen molar-refractivity contribution in [3.8, 4) is 0 Å². The quantitative estimate of drug-likeness (QED) is 0.922. The van der Waals surface area contributed by atoms with Gasteiger partial charge in [-0.25, -0.2) is 0 Å². The van der Waals surface area contributed by atoms with E-state index in [4.69, 9.17) is 23.2 Å². The Kier molecular flexibility index (Phi) is 4.80. The molecule has 2 aromatic heterocycles. The molecule has 1 unspecified atom stereocenters. The van der Waals surface area contributed by atoms with Crippen molar-refractivity contribution in [1.29, 1.82) is 0 Å². The van der Waals surface area contributed by atoms with Crippen LogP contribution < -0.4 is 5.32 Å². The highest BCUT2D eigenvalue weighted by atomic mass is 35.5. The molecule has 4 nitrogen and oxygen atoms in total. The van der Waals surface area contributed by atoms with Gasteiger partial charge in [0.25, 0.3) is 0 Å². The summed E-state index contributed by atoms with van der Waals surface area (Å²) in [4.78, 5) is 4.02. The fourth-order valence-corrected chi connectivity index (χ4v) is 2.51. The first-order chi connectivity index (χ1) is 9.15. The van der Waals surface area contributed by atoms with E-state index in [1.165, 1.54) is 0 Å². The van der Waals surface area contributed by atoms with Crippen LogP contribution in [-0.4, -0.2) is 21.3 Å². The maximum absolute atomic E-state index is 6.24. The fourth-order valence-electron chi connectivity index (χ4n) is 2.01. The minimum Gasteiger partial charge on any atom is -0.305 e. The van der Waals surface area contributed by atoms with Crippen LogP contribution in [-0.2, 0) is 7.05 Å². The van der Waals surface area contributed by atoms with Crippen molar-refractivity contribution in [2.24, 2.45) is 7.05 Å². The van der Waals surface area contributed by atoms with Gasteiger partial charge in [0.15, 0.2) is 0 Å². The van der Waals surface area contributed by atoms with E-state index in [9.17, 15) is 0 Å². The van der Waals surface area contributed by atoms with E-state index in [1.807, 2.05) is 13.1 Å². The Morgan fingerprint density at radius 1 is 1.32 bits per heavy atom. The van der Waals surface area contributed by atoms with Crippen molar-refractivity contribution in [1.82, 2.24) is 20.1 Å². The zero-order valence-corrected chi connectivity index (χ0v) is 12.4. The highest BCUT2D eigenvalue weighted by Gasteiger charge is 2.22. The monoisotopic (exact) mass is 298 g/mol. The summed E-state index contributed by atoms with van der Waals surface area (Å²) in [6, 6.07) is 1.81. The zero-order chi connectivity index (χ0) is 13.8. The first-order valence-electron chi connectivity index (χ1n) is 6.15. The molecule has 2 rings (SSSR count). The van der Waals surface area contributed by atoms with E-state index in [2.05, 4.69) is 22.3 Å². The number of nitrogens with one attached hydrogen (secondary N) is 1. The predicted molar refractivity (Wildman–Crippen MR) is 77.6 cm³/mol. The number of pyridine rings is 1. The summed E-state index contributed by atoms with van der Waals surface area (Å²) in [6.45, 7) is 2.98. The molecule has 0 saturated heterocycles. The Bertz CT molecular complexity index is 534. The molecule has 0 aromatic carbocycles. The third kappa shape index (κ3) is 3.08. The molecule has 0 spiro atoms. The number of nitrogens with zero attached hydrogens (tertiary/aromatic N) is 3. The van der Waals surface area contributed by atoms with Gasteiger partial charge in [-0.15, -0.1) is 0 Å². The summed E-state index contributed by atoms with van der Waals surface area (Å²) in [5.41, 5.74) is 1.86. The number of halogens is 2. The zero-order valence-electron chi connectivity index (χ0n) is 10.9. The summed E-state index contributed by atoms with van der Waals surface area (Å²) < 4.78 is 1.77. The lowest BCUT2D eigenvalue weighted by Crippen LogP contribution is -2.26. The topological polar surface area (TPSA) is 42.7 Å². The van der Waals surface area contributed by atoms with Gasteiger partial charge >= 0.3 is 0 Å². The molecule has 102 valence electrons. The first kappa shape index (κ1) is 14.3. The second kappa shape index (κ2) is 6.37. The lowest BCUT2D eigenvalue weighted by molar-refractivity contribution is 0.553. The second-order valence-electron chi connectivity index (χ2n) is 4.29. The molecule has 1 atom stereocenters. The molecule has 2 aromatic rings. The van der Waals surface area contributed by atoms with E-state index in [-0.39, 0.29) is 6.04 Å². The van der Waals surface area contributed by atoms with Gasteiger partial charge in [-0.1, -0.05) is 30.1 Å². The minimum absolute atomic E-state index is 0.0875. The molecular weight excluding hydrogens is 283 g/mol. The summed E-state index contributed by atoms with van der Waals surface area (Å²) in [5.74, 6) is 0. The highest BCUT2D eigenvalue weighted by molar-refractivity contribution is 6.32. The van der Waals surface area contributed by atoms with Gasteiger partial charge in [-0.3, -0.25) is 9.67 Å². The molecule has 0 aliphatic heterocycles. The average Bonchev–Trinajstić information content (AvgIpc) is 2.73. The Balaban J connectivity index is 2.45. The van der Waals surface area contributed by atoms with Crippen molar-refractivity contribution in [3.05, 3.63) is 46.0 Å². The van der Waals surface area contributed by atoms with E-state index in [1.54, 1.807) is 23.3 Å². The second-order valence-corrected chi connectivity index (χ2v) is 5.10. The average molecular weight is 299 g/mol. The third-order valence-corrected chi connectivity index (χ3v) is 3.53. The Morgan fingerprint density at radius 3 is 2.68 bits per heavy atom. The Hall–Kier alpha value is -1.10. The smallest absolute Gasteiger partial charge is 0.0837 e. The van der Waals surface area contributed by atoms with Crippen LogP contribution in [0.4, 0.5) is 0 Å². The lowest BCUT2D eigenvalue weighted by atomic mass is 10.0. The van der Waals surface area contributed by atoms with Crippen LogP contribution in [0.5, 0.6) is 0 Å². The number of hydrogen-bond donors (Lipinski definition) is 1. The van der Waals surface area contributed by atoms with E-state index in [0.29, 0.717) is 10.0 Å². The maximum atomic E-state index is 6.24. The summed E-state index contributed by atoms with van der Waals surface area (Å²) in [5, 5.41) is 8.89. The van der Waals surface area contributed by atoms with E-state index in [0.717, 1.165) is 24.2 Å². The number of hydrogen-bond acceptors (Lipinski definition) is 3. The molecule has 6 heteroatoms. The van der Waals surface area contributed by atoms with Crippen LogP contribution in [0.25, 0.3) is 0 Å². The molecule has 0 saturated carbocycles. The number of aromatic nitrogens is 3. The van der Waals surface area contributed by atoms with Crippen LogP contribution >= 0.6 is 23.2 Å². The normalized spacial score (nSPS) is 12.6. The fraction of sp³-hybridized carbons (Fsp3) is 0.385. The summed E-state index contributed by atoms with van der Waals surface area (Å²) in [7, 11) is 1.87. The van der Waals surface area contributed by atoms with Gasteiger partial charge in [-0.2, -0.15) is 5.10 Å². The largest absolute Gasteiger partial charge is 0.305 e. The van der Waals surface area contributed by atoms with Gasteiger partial charge in [-0.05, 0) is 24.6 Å². The molecule has 0 aliphatic carbocycles. The molecule has 19 heavy (non-hydrogen) atoms. The molecular formula is C13H16Cl2N4. The highest BCUT2D eigenvalue weighted by Crippen LogP contribution is 2.31. The Morgan fingerprint density at radius 2 is 2.11 bits per heavy atom. The van der Waals surface area contributed by atoms with Gasteiger partial charge in [0.1, 0.15) is 0 Å². The van der Waals surface area contributed by atoms with Crippen molar-refractivity contribution >= 4 is 23.2 Å². The van der Waals surface area contributed by atoms with E-state index < -0.39 is 0 Å². The minimum atomic E-state index is -0.0875. The van der Waals surface area contributed by atoms with Crippen LogP contribution in [0.2, 0.25) is 10.0 Å². The van der Waals surface area contributed by atoms with Crippen molar-refractivity contribution in [2.45, 2.75) is 19.4 Å². The molecule has 0 radical (unpaired) electrons. The van der Waals surface area contributed by atoms with E-state index >= 15 is 0 Å². The molecule has 2 heterocycles. The summed E-state index contributed by atoms with van der Waals surface area (Å²) >= 11 is 12.5. The molecule has 0 amide bonds. The first-order valence-corrected chi connectivity index (χ1v) is 6.91. The van der Waals surface area contributed by atoms with Crippen molar-refractivity contribution in [3.63, 3.8) is 0 Å². The molecule has 0 bridgehead atoms. The molecule has 0 fully saturated rings. The number of rotatable bonds is 5. The van der Waals surface area contributed by atoms with Gasteiger partial charge in [0.05, 0.1) is 28.0 Å². The molecule has 1 N–H and O–H groups in total. The van der Waals surface area contributed by atoms with Crippen LogP contribution in [0, 0.1) is 0 Å². The lowest BCUT2D eigenvalue weighted by Gasteiger charge is -2.20. The molecule has 0 aliphatic rings. The Labute approximate surface area is 122 Å². The van der Waals surface area contributed by atoms with Crippen LogP contribution in [0.3, 0.4) is 0 Å². The van der Waals surface area contributed by atoms with Gasteiger partial charge in [0.2, 0.25) is 0 Å². The van der Waals surface area contributed by atoms with Crippen LogP contribution in [0.1, 0.15) is 30.6 Å². The van der Waals surface area contributed by atoms with Gasteiger partial charge in [0, 0.05) is 19.4 Å². The summed E-state index contributed by atoms with van der Waals surface area (Å²) in [6.07, 6.45) is 6.04. The van der Waals surface area contributed by atoms with Gasteiger partial charge < -0.3 is 5.32 Å². The third-order valence-electron chi connectivity index (χ3n) is 2.92. The predicted octanol–water partition coefficient (Wildman–Crippen LogP) is 3.21. The standard InChI is InChI=1S/C13H16Cl2N4/c1-3-5-17-12(9-4-6-16-7-10(9)14)13-11(15)8-18-19(13)2/h4,6-8,12,17H,3,5H2,1-2H3. The van der Waals surface area contributed by atoms with Crippen molar-refractivity contribution in [2.75, 3.05) is 6.54 Å². The van der Waals surface area contributed by atoms with Crippen LogP contribution in [0.15, 0.2) is 24.7 Å². The van der Waals surface area contributed by atoms with Crippen molar-refractivity contribution < 1.29 is 0 Å². The maximum Gasteiger partial charge on any atom is 0.0837 e.